The van der Waals surface area contributed by atoms with Crippen molar-refractivity contribution in [3.8, 4) is 11.1 Å². The van der Waals surface area contributed by atoms with E-state index in [-0.39, 0.29) is 18.3 Å². The molecule has 6 rings (SSSR count). The third-order valence-corrected chi connectivity index (χ3v) is 10.0. The number of nitrogens with one attached hydrogen (secondary N) is 2. The molecule has 0 fully saturated rings. The minimum atomic E-state index is -1.18. The zero-order valence-corrected chi connectivity index (χ0v) is 26.4. The first-order valence-electron chi connectivity index (χ1n) is 15.4. The highest BCUT2D eigenvalue weighted by Crippen LogP contribution is 2.49. The lowest BCUT2D eigenvalue weighted by atomic mass is 9.84. The third kappa shape index (κ3) is 6.78. The predicted molar refractivity (Wildman–Crippen MR) is 184 cm³/mol. The Kier molecular flexibility index (Phi) is 9.69. The van der Waals surface area contributed by atoms with Crippen molar-refractivity contribution >= 4 is 29.7 Å². The van der Waals surface area contributed by atoms with E-state index in [1.165, 1.54) is 11.8 Å². The number of fused-ring (bicyclic) bond motifs is 3. The number of rotatable bonds is 12. The van der Waals surface area contributed by atoms with Gasteiger partial charge in [0, 0.05) is 11.7 Å². The van der Waals surface area contributed by atoms with Crippen LogP contribution >= 0.6 is 11.8 Å². The van der Waals surface area contributed by atoms with Crippen LogP contribution in [0, 0.1) is 0 Å². The highest BCUT2D eigenvalue weighted by atomic mass is 32.2. The van der Waals surface area contributed by atoms with Gasteiger partial charge in [0.1, 0.15) is 19.2 Å². The number of benzene rings is 5. The van der Waals surface area contributed by atoms with E-state index >= 15 is 0 Å². The number of carbonyl (C=O) groups is 3. The van der Waals surface area contributed by atoms with Gasteiger partial charge in [-0.3, -0.25) is 9.59 Å². The lowest BCUT2D eigenvalue weighted by Crippen LogP contribution is -2.50. The average Bonchev–Trinajstić information content (AvgIpc) is 3.44. The van der Waals surface area contributed by atoms with Gasteiger partial charge in [0.2, 0.25) is 5.91 Å². The van der Waals surface area contributed by atoms with Crippen molar-refractivity contribution in [2.75, 3.05) is 18.9 Å². The summed E-state index contributed by atoms with van der Waals surface area (Å²) in [7, 11) is 0. The van der Waals surface area contributed by atoms with Crippen molar-refractivity contribution in [1.82, 2.24) is 10.6 Å². The molecule has 1 aliphatic carbocycles. The fourth-order valence-electron chi connectivity index (χ4n) is 6.23. The molecule has 5 aromatic rings. The van der Waals surface area contributed by atoms with Crippen LogP contribution in [0.3, 0.4) is 0 Å². The smallest absolute Gasteiger partial charge is 0.407 e. The van der Waals surface area contributed by atoms with Crippen molar-refractivity contribution in [2.45, 2.75) is 16.7 Å². The summed E-state index contributed by atoms with van der Waals surface area (Å²) in [6.07, 6.45) is -0.757. The van der Waals surface area contributed by atoms with E-state index in [4.69, 9.17) is 4.74 Å². The molecule has 1 atom stereocenters. The maximum atomic E-state index is 13.4. The molecule has 0 radical (unpaired) electrons. The van der Waals surface area contributed by atoms with Gasteiger partial charge in [-0.15, -0.1) is 11.8 Å². The molecule has 0 unspecified atom stereocenters. The van der Waals surface area contributed by atoms with E-state index in [9.17, 15) is 19.5 Å². The Balaban J connectivity index is 1.27. The molecule has 0 saturated carbocycles. The van der Waals surface area contributed by atoms with Gasteiger partial charge >= 0.3 is 12.1 Å². The molecule has 0 heterocycles. The average molecular weight is 643 g/mol. The second-order valence-electron chi connectivity index (χ2n) is 11.2. The molecule has 0 aliphatic heterocycles. The fraction of sp³-hybridized carbons (Fsp3) is 0.154. The molecule has 0 spiro atoms. The number of hydrogen-bond acceptors (Lipinski definition) is 5. The van der Waals surface area contributed by atoms with Crippen LogP contribution in [-0.4, -0.2) is 48.0 Å². The number of hydrogen-bond donors (Lipinski definition) is 3. The lowest BCUT2D eigenvalue weighted by Gasteiger charge is -2.36. The molecular weight excluding hydrogens is 609 g/mol. The summed E-state index contributed by atoms with van der Waals surface area (Å²) in [6, 6.07) is 45.0. The van der Waals surface area contributed by atoms with Crippen LogP contribution in [0.1, 0.15) is 33.7 Å². The molecule has 7 nitrogen and oxygen atoms in total. The molecule has 0 aromatic heterocycles. The highest BCUT2D eigenvalue weighted by Gasteiger charge is 2.39. The monoisotopic (exact) mass is 642 g/mol. The number of ether oxygens (including phenoxy) is 1. The zero-order valence-electron chi connectivity index (χ0n) is 25.5. The van der Waals surface area contributed by atoms with Gasteiger partial charge in [-0.1, -0.05) is 140 Å². The molecule has 0 bridgehead atoms. The van der Waals surface area contributed by atoms with E-state index in [2.05, 4.69) is 22.8 Å². The molecule has 8 heteroatoms. The second-order valence-corrected chi connectivity index (χ2v) is 12.5. The van der Waals surface area contributed by atoms with Crippen molar-refractivity contribution < 1.29 is 24.2 Å². The molecule has 47 heavy (non-hydrogen) atoms. The van der Waals surface area contributed by atoms with Crippen molar-refractivity contribution in [3.63, 3.8) is 0 Å². The number of carboxylic acid groups (broad SMARTS) is 1. The maximum Gasteiger partial charge on any atom is 0.407 e. The summed E-state index contributed by atoms with van der Waals surface area (Å²) in [6.45, 7) is -0.494. The van der Waals surface area contributed by atoms with E-state index in [0.29, 0.717) is 0 Å². The van der Waals surface area contributed by atoms with Gasteiger partial charge in [-0.25, -0.2) is 4.79 Å². The van der Waals surface area contributed by atoms with Crippen LogP contribution < -0.4 is 10.6 Å². The minimum absolute atomic E-state index is 0.0818. The fourth-order valence-corrected chi connectivity index (χ4v) is 7.79. The molecule has 0 saturated heterocycles. The number of carboxylic acids is 1. The predicted octanol–water partition coefficient (Wildman–Crippen LogP) is 6.82. The summed E-state index contributed by atoms with van der Waals surface area (Å²) in [5.74, 6) is -1.83. The van der Waals surface area contributed by atoms with Gasteiger partial charge in [-0.2, -0.15) is 0 Å². The van der Waals surface area contributed by atoms with E-state index in [1.54, 1.807) is 0 Å². The zero-order chi connectivity index (χ0) is 32.6. The quantitative estimate of drug-likeness (QED) is 0.129. The Morgan fingerprint density at radius 2 is 1.13 bits per heavy atom. The van der Waals surface area contributed by atoms with Gasteiger partial charge < -0.3 is 20.5 Å². The molecule has 2 amide bonds. The molecular formula is C39H34N2O5S. The van der Waals surface area contributed by atoms with Gasteiger partial charge in [-0.05, 0) is 38.9 Å². The van der Waals surface area contributed by atoms with Crippen LogP contribution in [0.15, 0.2) is 140 Å². The summed E-state index contributed by atoms with van der Waals surface area (Å²) < 4.78 is 5.02. The molecule has 236 valence electrons. The Hall–Kier alpha value is -5.34. The van der Waals surface area contributed by atoms with Crippen molar-refractivity contribution in [2.24, 2.45) is 0 Å². The van der Waals surface area contributed by atoms with E-state index < -0.39 is 35.3 Å². The maximum absolute atomic E-state index is 13.4. The Labute approximate surface area is 278 Å². The topological polar surface area (TPSA) is 105 Å². The van der Waals surface area contributed by atoms with Gasteiger partial charge in [0.25, 0.3) is 0 Å². The number of aliphatic carboxylic acids is 1. The van der Waals surface area contributed by atoms with Crippen LogP contribution in [0.25, 0.3) is 11.1 Å². The van der Waals surface area contributed by atoms with Crippen LogP contribution in [0.5, 0.6) is 0 Å². The van der Waals surface area contributed by atoms with Crippen LogP contribution in [-0.2, 0) is 19.1 Å². The number of thioether (sulfide) groups is 1. The lowest BCUT2D eigenvalue weighted by molar-refractivity contribution is -0.138. The first kappa shape index (κ1) is 31.6. The third-order valence-electron chi connectivity index (χ3n) is 8.37. The normalized spacial score (nSPS) is 12.8. The van der Waals surface area contributed by atoms with Crippen LogP contribution in [0.2, 0.25) is 0 Å². The van der Waals surface area contributed by atoms with E-state index in [1.807, 2.05) is 127 Å². The molecule has 1 aliphatic rings. The highest BCUT2D eigenvalue weighted by molar-refractivity contribution is 8.00. The Morgan fingerprint density at radius 1 is 0.681 bits per heavy atom. The SMILES string of the molecule is O=C(O)CNC(=O)[C@H](CSC(c1ccccc1)(c1ccccc1)c1ccccc1)NC(=O)OCC1c2ccccc2-c2ccccc21. The van der Waals surface area contributed by atoms with Gasteiger partial charge in [0.15, 0.2) is 0 Å². The number of alkyl carbamates (subject to hydrolysis) is 1. The van der Waals surface area contributed by atoms with Crippen molar-refractivity contribution in [3.05, 3.63) is 167 Å². The Morgan fingerprint density at radius 3 is 1.60 bits per heavy atom. The first-order valence-corrected chi connectivity index (χ1v) is 16.4. The van der Waals surface area contributed by atoms with E-state index in [0.717, 1.165) is 38.9 Å². The van der Waals surface area contributed by atoms with Crippen LogP contribution in [0.4, 0.5) is 4.79 Å². The molecule has 5 aromatic carbocycles. The summed E-state index contributed by atoms with van der Waals surface area (Å²) in [5, 5.41) is 14.5. The molecule has 3 N–H and O–H groups in total. The summed E-state index contributed by atoms with van der Waals surface area (Å²) >= 11 is 1.49. The minimum Gasteiger partial charge on any atom is -0.480 e. The largest absolute Gasteiger partial charge is 0.480 e. The van der Waals surface area contributed by atoms with Crippen molar-refractivity contribution in [1.29, 1.82) is 0 Å². The summed E-state index contributed by atoms with van der Waals surface area (Å²) in [4.78, 5) is 38.2. The number of amides is 2. The van der Waals surface area contributed by atoms with Gasteiger partial charge in [0.05, 0.1) is 4.75 Å². The first-order chi connectivity index (χ1) is 23.0. The number of carbonyl (C=O) groups excluding carboxylic acids is 2. The Bertz CT molecular complexity index is 1710. The second kappa shape index (κ2) is 14.4. The standard InChI is InChI=1S/C39H34N2O5S/c42-36(43)24-40-37(44)35(41-38(45)46-25-34-32-22-12-10-20-30(32)31-21-11-13-23-33(31)34)26-47-39(27-14-4-1-5-15-27,28-16-6-2-7-17-28)29-18-8-3-9-19-29/h1-23,34-35H,24-26H2,(H,40,44)(H,41,45)(H,42,43)/t35-/m0/s1. The summed E-state index contributed by atoms with van der Waals surface area (Å²) in [5.41, 5.74) is 7.35.